The number of carbonyl (C=O) groups excluding carboxylic acids is 1. The van der Waals surface area contributed by atoms with Crippen molar-refractivity contribution in [1.29, 1.82) is 0 Å². The molecule has 5 nitrogen and oxygen atoms in total. The summed E-state index contributed by atoms with van der Waals surface area (Å²) in [6.45, 7) is 4.90. The molecule has 1 heterocycles. The van der Waals surface area contributed by atoms with E-state index >= 15 is 0 Å². The van der Waals surface area contributed by atoms with Gasteiger partial charge in [0.2, 0.25) is 5.91 Å². The first-order valence-corrected chi connectivity index (χ1v) is 7.30. The van der Waals surface area contributed by atoms with Gasteiger partial charge in [0.05, 0.1) is 19.1 Å². The molecule has 0 saturated carbocycles. The van der Waals surface area contributed by atoms with Gasteiger partial charge in [-0.2, -0.15) is 0 Å². The maximum Gasteiger partial charge on any atom is 0.223 e. The highest BCUT2D eigenvalue weighted by Crippen LogP contribution is 2.24. The third kappa shape index (κ3) is 4.44. The van der Waals surface area contributed by atoms with Crippen LogP contribution in [0.3, 0.4) is 0 Å². The van der Waals surface area contributed by atoms with Crippen LogP contribution in [0.4, 0.5) is 0 Å². The monoisotopic (exact) mass is 293 g/mol. The van der Waals surface area contributed by atoms with E-state index in [0.717, 1.165) is 5.75 Å². The maximum atomic E-state index is 11.7. The van der Waals surface area contributed by atoms with Crippen LogP contribution in [0, 0.1) is 6.92 Å². The van der Waals surface area contributed by atoms with Crippen LogP contribution in [-0.2, 0) is 9.53 Å². The van der Waals surface area contributed by atoms with E-state index in [0.29, 0.717) is 19.6 Å². The Balaban J connectivity index is 1.67. The summed E-state index contributed by atoms with van der Waals surface area (Å²) < 4.78 is 10.8. The summed E-state index contributed by atoms with van der Waals surface area (Å²) in [7, 11) is 0. The fourth-order valence-electron chi connectivity index (χ4n) is 2.24. The molecular weight excluding hydrogens is 270 g/mol. The van der Waals surface area contributed by atoms with Gasteiger partial charge in [-0.05, 0) is 26.0 Å². The third-order valence-corrected chi connectivity index (χ3v) is 3.87. The van der Waals surface area contributed by atoms with Crippen LogP contribution in [0.15, 0.2) is 24.3 Å². The molecule has 2 rings (SSSR count). The zero-order valence-corrected chi connectivity index (χ0v) is 12.6. The summed E-state index contributed by atoms with van der Waals surface area (Å²) in [6.07, 6.45) is 0.564. The Labute approximate surface area is 125 Å². The normalized spacial score (nSPS) is 24.8. The lowest BCUT2D eigenvalue weighted by Gasteiger charge is -2.26. The van der Waals surface area contributed by atoms with E-state index < -0.39 is 5.60 Å². The molecule has 21 heavy (non-hydrogen) atoms. The molecule has 1 saturated heterocycles. The second-order valence-corrected chi connectivity index (χ2v) is 5.55. The van der Waals surface area contributed by atoms with Gasteiger partial charge in [0.1, 0.15) is 11.4 Å². The van der Waals surface area contributed by atoms with Gasteiger partial charge in [-0.3, -0.25) is 4.79 Å². The smallest absolute Gasteiger partial charge is 0.223 e. The van der Waals surface area contributed by atoms with Gasteiger partial charge in [0, 0.05) is 19.6 Å². The number of hydrogen-bond donors (Lipinski definition) is 2. The average molecular weight is 293 g/mol. The summed E-state index contributed by atoms with van der Waals surface area (Å²) in [6, 6.07) is 7.69. The summed E-state index contributed by atoms with van der Waals surface area (Å²) in [5.41, 5.74) is 0.217. The second-order valence-electron chi connectivity index (χ2n) is 5.55. The van der Waals surface area contributed by atoms with Crippen molar-refractivity contribution in [2.24, 2.45) is 0 Å². The Morgan fingerprint density at radius 2 is 2.19 bits per heavy atom. The predicted octanol–water partition coefficient (Wildman–Crippen LogP) is 1.42. The van der Waals surface area contributed by atoms with Crippen molar-refractivity contribution in [2.45, 2.75) is 38.4 Å². The number of hydrogen-bond acceptors (Lipinski definition) is 4. The highest BCUT2D eigenvalue weighted by Gasteiger charge is 2.39. The molecule has 0 aliphatic carbocycles. The molecule has 0 radical (unpaired) electrons. The van der Waals surface area contributed by atoms with Crippen LogP contribution in [0.5, 0.6) is 5.75 Å². The van der Waals surface area contributed by atoms with E-state index in [9.17, 15) is 9.90 Å². The Morgan fingerprint density at radius 1 is 1.48 bits per heavy atom. The minimum absolute atomic E-state index is 0.130. The van der Waals surface area contributed by atoms with Crippen LogP contribution in [-0.4, -0.2) is 42.5 Å². The van der Waals surface area contributed by atoms with Crippen LogP contribution in [0.25, 0.3) is 0 Å². The van der Waals surface area contributed by atoms with Crippen molar-refractivity contribution < 1.29 is 19.4 Å². The fourth-order valence-corrected chi connectivity index (χ4v) is 2.24. The number of benzene rings is 1. The van der Waals surface area contributed by atoms with Crippen molar-refractivity contribution in [2.75, 3.05) is 19.8 Å². The van der Waals surface area contributed by atoms with Gasteiger partial charge >= 0.3 is 0 Å². The molecule has 0 aromatic heterocycles. The van der Waals surface area contributed by atoms with Crippen molar-refractivity contribution in [3.8, 4) is 5.75 Å². The first-order chi connectivity index (χ1) is 9.99. The van der Waals surface area contributed by atoms with E-state index in [1.165, 1.54) is 5.56 Å². The number of ether oxygens (including phenoxy) is 2. The number of carbonyl (C=O) groups is 1. The van der Waals surface area contributed by atoms with Crippen LogP contribution >= 0.6 is 0 Å². The zero-order chi connectivity index (χ0) is 15.3. The quantitative estimate of drug-likeness (QED) is 0.832. The standard InChI is InChI=1S/C16H23NO4/c1-12-3-5-14(6-4-12)21-9-7-15(18)17-11-16(19)8-10-20-13(16)2/h3-6,13,19H,7-11H2,1-2H3,(H,17,18). The van der Waals surface area contributed by atoms with Gasteiger partial charge in [-0.15, -0.1) is 0 Å². The lowest BCUT2D eigenvalue weighted by atomic mass is 9.97. The van der Waals surface area contributed by atoms with Crippen molar-refractivity contribution in [3.05, 3.63) is 29.8 Å². The molecule has 2 unspecified atom stereocenters. The summed E-state index contributed by atoms with van der Waals surface area (Å²) in [5, 5.41) is 13.0. The van der Waals surface area contributed by atoms with E-state index in [1.54, 1.807) is 0 Å². The molecule has 2 atom stereocenters. The van der Waals surface area contributed by atoms with Crippen molar-refractivity contribution in [1.82, 2.24) is 5.32 Å². The Hall–Kier alpha value is -1.59. The first kappa shape index (κ1) is 15.8. The molecule has 1 aromatic rings. The van der Waals surface area contributed by atoms with E-state index in [1.807, 2.05) is 38.1 Å². The Bertz CT molecular complexity index is 474. The van der Waals surface area contributed by atoms with Crippen LogP contribution in [0.2, 0.25) is 0 Å². The number of aryl methyl sites for hydroxylation is 1. The van der Waals surface area contributed by atoms with E-state index in [4.69, 9.17) is 9.47 Å². The number of amides is 1. The van der Waals surface area contributed by atoms with Gasteiger partial charge in [0.25, 0.3) is 0 Å². The number of aliphatic hydroxyl groups is 1. The fraction of sp³-hybridized carbons (Fsp3) is 0.562. The average Bonchev–Trinajstić information content (AvgIpc) is 2.79. The van der Waals surface area contributed by atoms with Crippen molar-refractivity contribution >= 4 is 5.91 Å². The second kappa shape index (κ2) is 6.91. The minimum Gasteiger partial charge on any atom is -0.493 e. The lowest BCUT2D eigenvalue weighted by molar-refractivity contribution is -0.123. The highest BCUT2D eigenvalue weighted by molar-refractivity contribution is 5.76. The summed E-state index contributed by atoms with van der Waals surface area (Å²) >= 11 is 0. The zero-order valence-electron chi connectivity index (χ0n) is 12.6. The topological polar surface area (TPSA) is 67.8 Å². The molecule has 1 aromatic carbocycles. The molecule has 1 amide bonds. The third-order valence-electron chi connectivity index (χ3n) is 3.87. The van der Waals surface area contributed by atoms with Gasteiger partial charge < -0.3 is 19.9 Å². The van der Waals surface area contributed by atoms with E-state index in [2.05, 4.69) is 5.32 Å². The minimum atomic E-state index is -0.951. The summed E-state index contributed by atoms with van der Waals surface area (Å²) in [5.74, 6) is 0.625. The molecule has 1 fully saturated rings. The molecule has 1 aliphatic rings. The maximum absolute atomic E-state index is 11.7. The Morgan fingerprint density at radius 3 is 2.81 bits per heavy atom. The number of rotatable bonds is 6. The van der Waals surface area contributed by atoms with Gasteiger partial charge in [0.15, 0.2) is 0 Å². The molecule has 0 spiro atoms. The molecule has 2 N–H and O–H groups in total. The van der Waals surface area contributed by atoms with E-state index in [-0.39, 0.29) is 25.0 Å². The van der Waals surface area contributed by atoms with Gasteiger partial charge in [-0.25, -0.2) is 0 Å². The van der Waals surface area contributed by atoms with Crippen LogP contribution in [0.1, 0.15) is 25.3 Å². The molecule has 5 heteroatoms. The molecule has 116 valence electrons. The van der Waals surface area contributed by atoms with Crippen LogP contribution < -0.4 is 10.1 Å². The first-order valence-electron chi connectivity index (χ1n) is 7.30. The lowest BCUT2D eigenvalue weighted by Crippen LogP contribution is -2.47. The summed E-state index contributed by atoms with van der Waals surface area (Å²) in [4.78, 5) is 11.7. The number of nitrogens with one attached hydrogen (secondary N) is 1. The van der Waals surface area contributed by atoms with Gasteiger partial charge in [-0.1, -0.05) is 17.7 Å². The highest BCUT2D eigenvalue weighted by atomic mass is 16.5. The van der Waals surface area contributed by atoms with Crippen molar-refractivity contribution in [3.63, 3.8) is 0 Å². The predicted molar refractivity (Wildman–Crippen MR) is 79.3 cm³/mol. The molecular formula is C16H23NO4. The SMILES string of the molecule is Cc1ccc(OCCC(=O)NCC2(O)CCOC2C)cc1. The molecule has 1 aliphatic heterocycles. The largest absolute Gasteiger partial charge is 0.493 e. The Kier molecular flexibility index (Phi) is 5.20. The molecule has 0 bridgehead atoms.